The summed E-state index contributed by atoms with van der Waals surface area (Å²) in [6.07, 6.45) is 6.01. The maximum Gasteiger partial charge on any atom is 0.161 e. The fraction of sp³-hybridized carbons (Fsp3) is 0.500. The van der Waals surface area contributed by atoms with Gasteiger partial charge in [-0.25, -0.2) is 4.98 Å². The number of ether oxygens (including phenoxy) is 3. The lowest BCUT2D eigenvalue weighted by Crippen LogP contribution is -2.34. The topological polar surface area (TPSA) is 43.8 Å². The molecule has 1 saturated heterocycles. The number of benzene rings is 2. The number of hydrogen-bond acceptors (Lipinski definition) is 6. The van der Waals surface area contributed by atoms with Crippen molar-refractivity contribution in [1.29, 1.82) is 0 Å². The Bertz CT molecular complexity index is 966. The maximum absolute atomic E-state index is 5.94. The van der Waals surface area contributed by atoms with E-state index in [1.807, 2.05) is 35.6 Å². The number of rotatable bonds is 9. The third kappa shape index (κ3) is 5.42. The van der Waals surface area contributed by atoms with Crippen LogP contribution in [0.4, 0.5) is 0 Å². The van der Waals surface area contributed by atoms with Crippen LogP contribution < -0.4 is 9.47 Å². The Morgan fingerprint density at radius 1 is 0.969 bits per heavy atom. The van der Waals surface area contributed by atoms with E-state index in [0.717, 1.165) is 30.0 Å². The SMILES string of the molecule is c1ccc2c(c1)OCC(COCCCCCN1CCC(c3nc4ccccc4s3)CC1)O2. The molecule has 0 amide bonds. The number of hydrogen-bond donors (Lipinski definition) is 0. The minimum absolute atomic E-state index is 0.0124. The summed E-state index contributed by atoms with van der Waals surface area (Å²) in [7, 11) is 0. The van der Waals surface area contributed by atoms with Crippen LogP contribution in [0.2, 0.25) is 0 Å². The second-order valence-electron chi connectivity index (χ2n) is 8.77. The van der Waals surface area contributed by atoms with Crippen LogP contribution in [0.25, 0.3) is 10.2 Å². The van der Waals surface area contributed by atoms with Crippen molar-refractivity contribution in [2.24, 2.45) is 0 Å². The molecule has 2 aliphatic heterocycles. The first-order valence-corrected chi connectivity index (χ1v) is 12.7. The molecule has 3 aromatic rings. The van der Waals surface area contributed by atoms with Crippen LogP contribution in [-0.4, -0.2) is 55.4 Å². The zero-order chi connectivity index (χ0) is 21.6. The van der Waals surface area contributed by atoms with Crippen LogP contribution in [0.1, 0.15) is 43.0 Å². The number of aromatic nitrogens is 1. The summed E-state index contributed by atoms with van der Waals surface area (Å²) in [5.74, 6) is 2.28. The molecule has 0 radical (unpaired) electrons. The second-order valence-corrected chi connectivity index (χ2v) is 9.83. The fourth-order valence-electron chi connectivity index (χ4n) is 4.54. The zero-order valence-corrected chi connectivity index (χ0v) is 19.4. The van der Waals surface area contributed by atoms with Crippen molar-refractivity contribution in [2.45, 2.75) is 44.1 Å². The van der Waals surface area contributed by atoms with Crippen LogP contribution >= 0.6 is 11.3 Å². The summed E-state index contributed by atoms with van der Waals surface area (Å²) < 4.78 is 18.8. The van der Waals surface area contributed by atoms with E-state index in [4.69, 9.17) is 19.2 Å². The van der Waals surface area contributed by atoms with E-state index < -0.39 is 0 Å². The number of nitrogens with zero attached hydrogens (tertiary/aromatic N) is 2. The van der Waals surface area contributed by atoms with Crippen LogP contribution in [0, 0.1) is 0 Å². The van der Waals surface area contributed by atoms with Crippen molar-refractivity contribution in [3.8, 4) is 11.5 Å². The molecule has 5 rings (SSSR count). The average molecular weight is 453 g/mol. The predicted octanol–water partition coefficient (Wildman–Crippen LogP) is 5.50. The summed E-state index contributed by atoms with van der Waals surface area (Å²) in [5.41, 5.74) is 1.16. The highest BCUT2D eigenvalue weighted by molar-refractivity contribution is 7.18. The minimum Gasteiger partial charge on any atom is -0.486 e. The van der Waals surface area contributed by atoms with Gasteiger partial charge in [0, 0.05) is 12.5 Å². The maximum atomic E-state index is 5.94. The van der Waals surface area contributed by atoms with Gasteiger partial charge >= 0.3 is 0 Å². The molecule has 0 aliphatic carbocycles. The van der Waals surface area contributed by atoms with Gasteiger partial charge in [-0.2, -0.15) is 0 Å². The summed E-state index contributed by atoms with van der Waals surface area (Å²) in [5, 5.41) is 1.33. The van der Waals surface area contributed by atoms with Gasteiger partial charge < -0.3 is 19.1 Å². The standard InChI is InChI=1S/C26H32N2O3S/c1(7-17-29-18-21-19-30-23-9-3-4-10-24(23)31-21)6-14-28-15-12-20(13-16-28)26-27-22-8-2-5-11-25(22)32-26/h2-5,8-11,20-21H,1,6-7,12-19H2. The molecule has 2 aromatic carbocycles. The summed E-state index contributed by atoms with van der Waals surface area (Å²) in [6, 6.07) is 16.3. The molecule has 0 saturated carbocycles. The first kappa shape index (κ1) is 21.7. The van der Waals surface area contributed by atoms with Crippen LogP contribution in [0.3, 0.4) is 0 Å². The van der Waals surface area contributed by atoms with Crippen molar-refractivity contribution in [3.05, 3.63) is 53.5 Å². The Kier molecular flexibility index (Phi) is 7.21. The van der Waals surface area contributed by atoms with Gasteiger partial charge in [0.25, 0.3) is 0 Å². The largest absolute Gasteiger partial charge is 0.486 e. The van der Waals surface area contributed by atoms with E-state index in [1.165, 1.54) is 55.0 Å². The van der Waals surface area contributed by atoms with Gasteiger partial charge in [-0.05, 0) is 76.0 Å². The quantitative estimate of drug-likeness (QED) is 0.401. The highest BCUT2D eigenvalue weighted by Crippen LogP contribution is 2.34. The summed E-state index contributed by atoms with van der Waals surface area (Å²) in [4.78, 5) is 7.50. The first-order chi connectivity index (χ1) is 15.8. The molecule has 0 bridgehead atoms. The lowest BCUT2D eigenvalue weighted by atomic mass is 9.97. The molecule has 3 heterocycles. The van der Waals surface area contributed by atoms with E-state index in [1.54, 1.807) is 0 Å². The first-order valence-electron chi connectivity index (χ1n) is 11.9. The lowest BCUT2D eigenvalue weighted by Gasteiger charge is -2.31. The molecule has 1 fully saturated rings. The Hall–Kier alpha value is -2.15. The Balaban J connectivity index is 0.929. The van der Waals surface area contributed by atoms with Gasteiger partial charge in [0.1, 0.15) is 6.61 Å². The summed E-state index contributed by atoms with van der Waals surface area (Å²) >= 11 is 1.88. The van der Waals surface area contributed by atoms with E-state index in [2.05, 4.69) is 29.2 Å². The normalized spacial score (nSPS) is 19.4. The lowest BCUT2D eigenvalue weighted by molar-refractivity contribution is 0.00768. The highest BCUT2D eigenvalue weighted by atomic mass is 32.1. The van der Waals surface area contributed by atoms with Gasteiger partial charge in [-0.3, -0.25) is 0 Å². The molecule has 1 aromatic heterocycles. The molecule has 5 nitrogen and oxygen atoms in total. The summed E-state index contributed by atoms with van der Waals surface area (Å²) in [6.45, 7) is 5.52. The van der Waals surface area contributed by atoms with E-state index in [0.29, 0.717) is 19.1 Å². The minimum atomic E-state index is -0.0124. The van der Waals surface area contributed by atoms with Gasteiger partial charge in [0.2, 0.25) is 0 Å². The van der Waals surface area contributed by atoms with Gasteiger partial charge in [0.05, 0.1) is 21.8 Å². The van der Waals surface area contributed by atoms with Crippen molar-refractivity contribution >= 4 is 21.6 Å². The van der Waals surface area contributed by atoms with Gasteiger partial charge in [-0.15, -0.1) is 11.3 Å². The van der Waals surface area contributed by atoms with Crippen LogP contribution in [0.15, 0.2) is 48.5 Å². The van der Waals surface area contributed by atoms with Gasteiger partial charge in [-0.1, -0.05) is 24.3 Å². The van der Waals surface area contributed by atoms with E-state index >= 15 is 0 Å². The smallest absolute Gasteiger partial charge is 0.161 e. The van der Waals surface area contributed by atoms with Crippen LogP contribution in [-0.2, 0) is 4.74 Å². The predicted molar refractivity (Wildman–Crippen MR) is 129 cm³/mol. The molecule has 170 valence electrons. The number of piperidine rings is 1. The van der Waals surface area contributed by atoms with Crippen molar-refractivity contribution in [2.75, 3.05) is 39.5 Å². The monoisotopic (exact) mass is 452 g/mol. The second kappa shape index (κ2) is 10.6. The molecule has 2 aliphatic rings. The van der Waals surface area contributed by atoms with E-state index in [9.17, 15) is 0 Å². The Labute approximate surface area is 194 Å². The molecule has 32 heavy (non-hydrogen) atoms. The van der Waals surface area contributed by atoms with Crippen molar-refractivity contribution < 1.29 is 14.2 Å². The third-order valence-electron chi connectivity index (χ3n) is 6.38. The molecular formula is C26H32N2O3S. The number of fused-ring (bicyclic) bond motifs is 2. The Morgan fingerprint density at radius 3 is 2.66 bits per heavy atom. The molecule has 6 heteroatoms. The van der Waals surface area contributed by atoms with Crippen molar-refractivity contribution in [3.63, 3.8) is 0 Å². The number of unbranched alkanes of at least 4 members (excludes halogenated alkanes) is 2. The molecule has 0 spiro atoms. The average Bonchev–Trinajstić information content (AvgIpc) is 3.28. The molecular weight excluding hydrogens is 420 g/mol. The van der Waals surface area contributed by atoms with Gasteiger partial charge in [0.15, 0.2) is 17.6 Å². The fourth-order valence-corrected chi connectivity index (χ4v) is 5.68. The number of likely N-dealkylation sites (tertiary alicyclic amines) is 1. The molecule has 0 N–H and O–H groups in total. The third-order valence-corrected chi connectivity index (χ3v) is 7.58. The van der Waals surface area contributed by atoms with Crippen molar-refractivity contribution in [1.82, 2.24) is 9.88 Å². The molecule has 1 unspecified atom stereocenters. The molecule has 1 atom stereocenters. The Morgan fingerprint density at radius 2 is 1.78 bits per heavy atom. The number of para-hydroxylation sites is 3. The van der Waals surface area contributed by atoms with Crippen LogP contribution in [0.5, 0.6) is 11.5 Å². The van der Waals surface area contributed by atoms with E-state index in [-0.39, 0.29) is 6.10 Å². The highest BCUT2D eigenvalue weighted by Gasteiger charge is 2.23. The number of thiazole rings is 1. The zero-order valence-electron chi connectivity index (χ0n) is 18.6.